The molecule has 18 heavy (non-hydrogen) atoms. The standard InChI is InChI=1S/C13H13F3OS/c1-12(2,17)6-8-7-18-11-4-3-9(5-10(8)11)13(14,15)16/h3-5,7,17H,6H2,1-2H3. The predicted molar refractivity (Wildman–Crippen MR) is 66.8 cm³/mol. The second kappa shape index (κ2) is 4.24. The van der Waals surface area contributed by atoms with Gasteiger partial charge in [-0.05, 0) is 48.4 Å². The SMILES string of the molecule is CC(C)(O)Cc1csc2ccc(C(F)(F)F)cc12. The lowest BCUT2D eigenvalue weighted by molar-refractivity contribution is -0.137. The van der Waals surface area contributed by atoms with Crippen molar-refractivity contribution < 1.29 is 18.3 Å². The molecule has 1 heterocycles. The summed E-state index contributed by atoms with van der Waals surface area (Å²) in [6, 6.07) is 3.73. The first-order chi connectivity index (χ1) is 8.17. The molecule has 0 aliphatic heterocycles. The van der Waals surface area contributed by atoms with Crippen LogP contribution in [0.15, 0.2) is 23.6 Å². The Balaban J connectivity index is 2.50. The lowest BCUT2D eigenvalue weighted by Crippen LogP contribution is -2.21. The zero-order valence-electron chi connectivity index (χ0n) is 10.0. The number of benzene rings is 1. The Morgan fingerprint density at radius 3 is 2.44 bits per heavy atom. The minimum Gasteiger partial charge on any atom is -0.390 e. The van der Waals surface area contributed by atoms with Gasteiger partial charge in [0.15, 0.2) is 0 Å². The second-order valence-electron chi connectivity index (χ2n) is 4.96. The van der Waals surface area contributed by atoms with Crippen LogP contribution >= 0.6 is 11.3 Å². The van der Waals surface area contributed by atoms with Crippen LogP contribution in [-0.4, -0.2) is 10.7 Å². The number of aliphatic hydroxyl groups is 1. The van der Waals surface area contributed by atoms with Gasteiger partial charge in [-0.15, -0.1) is 11.3 Å². The van der Waals surface area contributed by atoms with E-state index in [1.165, 1.54) is 17.4 Å². The van der Waals surface area contributed by atoms with Gasteiger partial charge in [0.25, 0.3) is 0 Å². The first kappa shape index (κ1) is 13.4. The molecular weight excluding hydrogens is 261 g/mol. The summed E-state index contributed by atoms with van der Waals surface area (Å²) >= 11 is 1.40. The summed E-state index contributed by atoms with van der Waals surface area (Å²) in [6.07, 6.45) is -3.99. The number of halogens is 3. The van der Waals surface area contributed by atoms with Crippen LogP contribution in [0.1, 0.15) is 25.0 Å². The summed E-state index contributed by atoms with van der Waals surface area (Å²) in [6.45, 7) is 3.29. The molecule has 0 aliphatic carbocycles. The van der Waals surface area contributed by atoms with E-state index in [0.29, 0.717) is 11.8 Å². The van der Waals surface area contributed by atoms with Crippen molar-refractivity contribution in [2.75, 3.05) is 0 Å². The van der Waals surface area contributed by atoms with Crippen molar-refractivity contribution >= 4 is 21.4 Å². The summed E-state index contributed by atoms with van der Waals surface area (Å²) in [7, 11) is 0. The first-order valence-electron chi connectivity index (χ1n) is 5.46. The third kappa shape index (κ3) is 2.84. The van der Waals surface area contributed by atoms with Crippen molar-refractivity contribution in [3.63, 3.8) is 0 Å². The van der Waals surface area contributed by atoms with Crippen LogP contribution in [0.4, 0.5) is 13.2 Å². The first-order valence-corrected chi connectivity index (χ1v) is 6.34. The Kier molecular flexibility index (Phi) is 3.15. The van der Waals surface area contributed by atoms with E-state index in [4.69, 9.17) is 0 Å². The van der Waals surface area contributed by atoms with Gasteiger partial charge in [-0.3, -0.25) is 0 Å². The van der Waals surface area contributed by atoms with Gasteiger partial charge in [0, 0.05) is 11.1 Å². The zero-order chi connectivity index (χ0) is 13.6. The highest BCUT2D eigenvalue weighted by Crippen LogP contribution is 2.35. The molecule has 0 fully saturated rings. The van der Waals surface area contributed by atoms with Gasteiger partial charge in [-0.2, -0.15) is 13.2 Å². The molecule has 98 valence electrons. The van der Waals surface area contributed by atoms with Crippen LogP contribution in [-0.2, 0) is 12.6 Å². The van der Waals surface area contributed by atoms with Gasteiger partial charge in [0.2, 0.25) is 0 Å². The molecule has 0 amide bonds. The predicted octanol–water partition coefficient (Wildman–Crippen LogP) is 4.23. The molecule has 2 aromatic rings. The molecule has 0 unspecified atom stereocenters. The Morgan fingerprint density at radius 1 is 1.22 bits per heavy atom. The van der Waals surface area contributed by atoms with E-state index in [9.17, 15) is 18.3 Å². The number of hydrogen-bond donors (Lipinski definition) is 1. The number of thiophene rings is 1. The fourth-order valence-corrected chi connectivity index (χ4v) is 2.80. The minimum absolute atomic E-state index is 0.342. The molecule has 0 atom stereocenters. The van der Waals surface area contributed by atoms with Crippen LogP contribution in [0.2, 0.25) is 0 Å². The maximum absolute atomic E-state index is 12.6. The van der Waals surface area contributed by atoms with E-state index >= 15 is 0 Å². The summed E-state index contributed by atoms with van der Waals surface area (Å²) in [5.41, 5.74) is -0.818. The van der Waals surface area contributed by atoms with Crippen LogP contribution < -0.4 is 0 Å². The smallest absolute Gasteiger partial charge is 0.390 e. The van der Waals surface area contributed by atoms with E-state index in [1.807, 2.05) is 5.38 Å². The Bertz CT molecular complexity index is 564. The van der Waals surface area contributed by atoms with Crippen molar-refractivity contribution in [2.24, 2.45) is 0 Å². The van der Waals surface area contributed by atoms with Gasteiger partial charge in [0.1, 0.15) is 0 Å². The molecule has 1 N–H and O–H groups in total. The largest absolute Gasteiger partial charge is 0.416 e. The third-order valence-corrected chi connectivity index (χ3v) is 3.62. The number of hydrogen-bond acceptors (Lipinski definition) is 2. The van der Waals surface area contributed by atoms with Crippen molar-refractivity contribution in [3.05, 3.63) is 34.7 Å². The topological polar surface area (TPSA) is 20.2 Å². The summed E-state index contributed by atoms with van der Waals surface area (Å²) in [4.78, 5) is 0. The average molecular weight is 274 g/mol. The normalized spacial score (nSPS) is 13.2. The molecule has 0 aliphatic rings. The summed E-state index contributed by atoms with van der Waals surface area (Å²) in [5.74, 6) is 0. The fourth-order valence-electron chi connectivity index (χ4n) is 1.86. The van der Waals surface area contributed by atoms with E-state index in [1.54, 1.807) is 13.8 Å². The molecule has 1 aromatic heterocycles. The Morgan fingerprint density at radius 2 is 1.89 bits per heavy atom. The average Bonchev–Trinajstić information content (AvgIpc) is 2.57. The van der Waals surface area contributed by atoms with Crippen molar-refractivity contribution in [3.8, 4) is 0 Å². The van der Waals surface area contributed by atoms with Crippen molar-refractivity contribution in [1.29, 1.82) is 0 Å². The molecule has 0 radical (unpaired) electrons. The van der Waals surface area contributed by atoms with Gasteiger partial charge in [-0.25, -0.2) is 0 Å². The molecule has 1 aromatic carbocycles. The van der Waals surface area contributed by atoms with Gasteiger partial charge < -0.3 is 5.11 Å². The molecular formula is C13H13F3OS. The quantitative estimate of drug-likeness (QED) is 0.868. The molecule has 0 saturated heterocycles. The molecule has 0 saturated carbocycles. The molecule has 0 bridgehead atoms. The highest BCUT2D eigenvalue weighted by Gasteiger charge is 2.31. The molecule has 5 heteroatoms. The van der Waals surface area contributed by atoms with Gasteiger partial charge in [-0.1, -0.05) is 0 Å². The van der Waals surface area contributed by atoms with E-state index in [2.05, 4.69) is 0 Å². The van der Waals surface area contributed by atoms with Crippen LogP contribution in [0.5, 0.6) is 0 Å². The van der Waals surface area contributed by atoms with Crippen LogP contribution in [0.3, 0.4) is 0 Å². The molecule has 0 spiro atoms. The monoisotopic (exact) mass is 274 g/mol. The van der Waals surface area contributed by atoms with Gasteiger partial charge in [0.05, 0.1) is 11.2 Å². The Hall–Kier alpha value is -1.07. The van der Waals surface area contributed by atoms with E-state index in [0.717, 1.165) is 22.4 Å². The number of fused-ring (bicyclic) bond motifs is 1. The number of rotatable bonds is 2. The Labute approximate surface area is 107 Å². The maximum atomic E-state index is 12.6. The fraction of sp³-hybridized carbons (Fsp3) is 0.385. The van der Waals surface area contributed by atoms with Crippen LogP contribution in [0, 0.1) is 0 Å². The maximum Gasteiger partial charge on any atom is 0.416 e. The zero-order valence-corrected chi connectivity index (χ0v) is 10.8. The summed E-state index contributed by atoms with van der Waals surface area (Å²) in [5, 5.41) is 12.1. The van der Waals surface area contributed by atoms with E-state index < -0.39 is 17.3 Å². The second-order valence-corrected chi connectivity index (χ2v) is 5.87. The van der Waals surface area contributed by atoms with Crippen molar-refractivity contribution in [1.82, 2.24) is 0 Å². The molecule has 2 rings (SSSR count). The third-order valence-electron chi connectivity index (χ3n) is 2.60. The summed E-state index contributed by atoms with van der Waals surface area (Å²) < 4.78 is 38.7. The van der Waals surface area contributed by atoms with E-state index in [-0.39, 0.29) is 0 Å². The highest BCUT2D eigenvalue weighted by molar-refractivity contribution is 7.17. The lowest BCUT2D eigenvalue weighted by atomic mass is 9.97. The van der Waals surface area contributed by atoms with Crippen LogP contribution in [0.25, 0.3) is 10.1 Å². The minimum atomic E-state index is -4.33. The molecule has 1 nitrogen and oxygen atoms in total. The number of alkyl halides is 3. The van der Waals surface area contributed by atoms with Gasteiger partial charge >= 0.3 is 6.18 Å². The highest BCUT2D eigenvalue weighted by atomic mass is 32.1. The lowest BCUT2D eigenvalue weighted by Gasteiger charge is -2.16. The van der Waals surface area contributed by atoms with Crippen molar-refractivity contribution in [2.45, 2.75) is 32.0 Å².